The van der Waals surface area contributed by atoms with Gasteiger partial charge in [0.2, 0.25) is 0 Å². The molecule has 0 radical (unpaired) electrons. The zero-order chi connectivity index (χ0) is 14.7. The van der Waals surface area contributed by atoms with E-state index >= 15 is 0 Å². The number of carboxylic acid groups (broad SMARTS) is 1. The van der Waals surface area contributed by atoms with Crippen LogP contribution in [0.3, 0.4) is 0 Å². The minimum Gasteiger partial charge on any atom is -0.497 e. The highest BCUT2D eigenvalue weighted by Gasteiger charge is 2.16. The zero-order valence-corrected chi connectivity index (χ0v) is 11.8. The predicted octanol–water partition coefficient (Wildman–Crippen LogP) is 3.02. The second-order valence-corrected chi connectivity index (χ2v) is 5.02. The van der Waals surface area contributed by atoms with Gasteiger partial charge in [0.15, 0.2) is 0 Å². The number of amides is 1. The Bertz CT molecular complexity index is 663. The Labute approximate surface area is 119 Å². The molecular formula is C14H13NO4S. The summed E-state index contributed by atoms with van der Waals surface area (Å²) < 4.78 is 5.04. The van der Waals surface area contributed by atoms with Gasteiger partial charge in [-0.2, -0.15) is 0 Å². The van der Waals surface area contributed by atoms with E-state index in [1.165, 1.54) is 36.6 Å². The average molecular weight is 291 g/mol. The maximum absolute atomic E-state index is 12.1. The number of hydrogen-bond donors (Lipinski definition) is 2. The Morgan fingerprint density at radius 1 is 1.30 bits per heavy atom. The number of carbonyl (C=O) groups is 2. The van der Waals surface area contributed by atoms with Crippen molar-refractivity contribution >= 4 is 28.9 Å². The lowest BCUT2D eigenvalue weighted by atomic mass is 10.1. The van der Waals surface area contributed by atoms with Crippen molar-refractivity contribution in [3.8, 4) is 5.75 Å². The third-order valence-electron chi connectivity index (χ3n) is 2.77. The van der Waals surface area contributed by atoms with E-state index in [2.05, 4.69) is 5.32 Å². The summed E-state index contributed by atoms with van der Waals surface area (Å²) >= 11 is 1.31. The van der Waals surface area contributed by atoms with E-state index in [-0.39, 0.29) is 17.2 Å². The fraction of sp³-hybridized carbons (Fsp3) is 0.143. The number of hydrogen-bond acceptors (Lipinski definition) is 4. The average Bonchev–Trinajstić information content (AvgIpc) is 2.84. The Hall–Kier alpha value is -2.34. The highest BCUT2D eigenvalue weighted by atomic mass is 32.1. The third-order valence-corrected chi connectivity index (χ3v) is 3.79. The second kappa shape index (κ2) is 5.75. The zero-order valence-electron chi connectivity index (χ0n) is 11.0. The molecule has 0 aliphatic rings. The van der Waals surface area contributed by atoms with Crippen LogP contribution >= 0.6 is 11.3 Å². The number of aromatic carboxylic acids is 1. The lowest BCUT2D eigenvalue weighted by Gasteiger charge is -2.10. The quantitative estimate of drug-likeness (QED) is 0.908. The molecule has 0 spiro atoms. The molecule has 1 aromatic heterocycles. The van der Waals surface area contributed by atoms with Crippen LogP contribution in [-0.4, -0.2) is 24.1 Å². The van der Waals surface area contributed by atoms with Crippen molar-refractivity contribution < 1.29 is 19.4 Å². The molecule has 0 aliphatic carbocycles. The molecule has 0 fully saturated rings. The van der Waals surface area contributed by atoms with E-state index in [0.29, 0.717) is 10.6 Å². The van der Waals surface area contributed by atoms with Crippen molar-refractivity contribution in [2.45, 2.75) is 6.92 Å². The van der Waals surface area contributed by atoms with Gasteiger partial charge >= 0.3 is 5.97 Å². The lowest BCUT2D eigenvalue weighted by molar-refractivity contribution is 0.0698. The number of nitrogens with one attached hydrogen (secondary N) is 1. The summed E-state index contributed by atoms with van der Waals surface area (Å²) in [4.78, 5) is 23.9. The third kappa shape index (κ3) is 2.80. The van der Waals surface area contributed by atoms with Gasteiger partial charge in [-0.05, 0) is 36.1 Å². The standard InChI is InChI=1S/C14H13NO4S/c1-8-5-6-20-12(8)13(16)15-11-7-9(19-2)3-4-10(11)14(17)18/h3-7H,1-2H3,(H,15,16)(H,17,18). The van der Waals surface area contributed by atoms with E-state index in [1.54, 1.807) is 0 Å². The number of benzene rings is 1. The van der Waals surface area contributed by atoms with E-state index in [1.807, 2.05) is 18.4 Å². The minimum absolute atomic E-state index is 0.0216. The van der Waals surface area contributed by atoms with Crippen molar-refractivity contribution in [3.05, 3.63) is 45.6 Å². The fourth-order valence-corrected chi connectivity index (χ4v) is 2.54. The molecule has 2 rings (SSSR count). The number of ether oxygens (including phenoxy) is 1. The number of rotatable bonds is 4. The molecule has 0 bridgehead atoms. The Morgan fingerprint density at radius 2 is 2.05 bits per heavy atom. The van der Waals surface area contributed by atoms with Gasteiger partial charge in [0, 0.05) is 6.07 Å². The Balaban J connectivity index is 2.34. The Kier molecular flexibility index (Phi) is 4.05. The van der Waals surface area contributed by atoms with Crippen LogP contribution < -0.4 is 10.1 Å². The monoisotopic (exact) mass is 291 g/mol. The number of aryl methyl sites for hydroxylation is 1. The van der Waals surface area contributed by atoms with Crippen molar-refractivity contribution in [2.24, 2.45) is 0 Å². The van der Waals surface area contributed by atoms with Crippen LogP contribution in [0.4, 0.5) is 5.69 Å². The molecular weight excluding hydrogens is 278 g/mol. The summed E-state index contributed by atoms with van der Waals surface area (Å²) in [6.07, 6.45) is 0. The largest absolute Gasteiger partial charge is 0.497 e. The van der Waals surface area contributed by atoms with Gasteiger partial charge in [-0.1, -0.05) is 0 Å². The molecule has 2 aromatic rings. The van der Waals surface area contributed by atoms with Gasteiger partial charge in [0.25, 0.3) is 5.91 Å². The van der Waals surface area contributed by atoms with Crippen LogP contribution in [0.15, 0.2) is 29.6 Å². The van der Waals surface area contributed by atoms with Crippen LogP contribution in [0.5, 0.6) is 5.75 Å². The highest BCUT2D eigenvalue weighted by Crippen LogP contribution is 2.24. The number of anilines is 1. The molecule has 0 saturated heterocycles. The smallest absolute Gasteiger partial charge is 0.337 e. The van der Waals surface area contributed by atoms with Crippen LogP contribution in [0.1, 0.15) is 25.6 Å². The summed E-state index contributed by atoms with van der Waals surface area (Å²) in [6, 6.07) is 6.26. The first-order valence-corrected chi connectivity index (χ1v) is 6.67. The maximum atomic E-state index is 12.1. The molecule has 5 nitrogen and oxygen atoms in total. The summed E-state index contributed by atoms with van der Waals surface area (Å²) in [7, 11) is 1.48. The SMILES string of the molecule is COc1ccc(C(=O)O)c(NC(=O)c2sccc2C)c1. The highest BCUT2D eigenvalue weighted by molar-refractivity contribution is 7.12. The van der Waals surface area contributed by atoms with Crippen LogP contribution in [-0.2, 0) is 0 Å². The molecule has 2 N–H and O–H groups in total. The molecule has 1 heterocycles. The fourth-order valence-electron chi connectivity index (χ4n) is 1.72. The normalized spacial score (nSPS) is 10.1. The summed E-state index contributed by atoms with van der Waals surface area (Å²) in [6.45, 7) is 1.83. The van der Waals surface area contributed by atoms with Crippen molar-refractivity contribution in [3.63, 3.8) is 0 Å². The number of methoxy groups -OCH3 is 1. The second-order valence-electron chi connectivity index (χ2n) is 4.10. The van der Waals surface area contributed by atoms with Crippen LogP contribution in [0.2, 0.25) is 0 Å². The molecule has 0 unspecified atom stereocenters. The summed E-state index contributed by atoms with van der Waals surface area (Å²) in [5, 5.41) is 13.6. The molecule has 0 aliphatic heterocycles. The molecule has 0 saturated carbocycles. The van der Waals surface area contributed by atoms with Crippen LogP contribution in [0, 0.1) is 6.92 Å². The summed E-state index contributed by atoms with van der Waals surface area (Å²) in [5.74, 6) is -0.952. The lowest BCUT2D eigenvalue weighted by Crippen LogP contribution is -2.14. The van der Waals surface area contributed by atoms with Crippen LogP contribution in [0.25, 0.3) is 0 Å². The van der Waals surface area contributed by atoms with E-state index in [0.717, 1.165) is 5.56 Å². The molecule has 0 atom stereocenters. The predicted molar refractivity (Wildman–Crippen MR) is 77.0 cm³/mol. The van der Waals surface area contributed by atoms with Gasteiger partial charge in [-0.15, -0.1) is 11.3 Å². The first kappa shape index (κ1) is 14.1. The van der Waals surface area contributed by atoms with Gasteiger partial charge in [-0.3, -0.25) is 4.79 Å². The Morgan fingerprint density at radius 3 is 2.60 bits per heavy atom. The topological polar surface area (TPSA) is 75.6 Å². The van der Waals surface area contributed by atoms with Gasteiger partial charge < -0.3 is 15.2 Å². The number of thiophene rings is 1. The molecule has 1 amide bonds. The minimum atomic E-state index is -1.11. The van der Waals surface area contributed by atoms with Gasteiger partial charge in [-0.25, -0.2) is 4.79 Å². The molecule has 20 heavy (non-hydrogen) atoms. The molecule has 104 valence electrons. The molecule has 6 heteroatoms. The molecule has 1 aromatic carbocycles. The summed E-state index contributed by atoms with van der Waals surface area (Å²) in [5.41, 5.74) is 1.09. The van der Waals surface area contributed by atoms with Crippen molar-refractivity contribution in [2.75, 3.05) is 12.4 Å². The number of carbonyl (C=O) groups excluding carboxylic acids is 1. The first-order valence-electron chi connectivity index (χ1n) is 5.79. The maximum Gasteiger partial charge on any atom is 0.337 e. The van der Waals surface area contributed by atoms with E-state index in [4.69, 9.17) is 9.84 Å². The van der Waals surface area contributed by atoms with Gasteiger partial charge in [0.05, 0.1) is 23.2 Å². The van der Waals surface area contributed by atoms with Gasteiger partial charge in [0.1, 0.15) is 5.75 Å². The first-order chi connectivity index (χ1) is 9.52. The number of carboxylic acids is 1. The van der Waals surface area contributed by atoms with E-state index < -0.39 is 5.97 Å². The van der Waals surface area contributed by atoms with Crippen molar-refractivity contribution in [1.29, 1.82) is 0 Å². The van der Waals surface area contributed by atoms with Crippen molar-refractivity contribution in [1.82, 2.24) is 0 Å². The van der Waals surface area contributed by atoms with E-state index in [9.17, 15) is 9.59 Å².